The lowest BCUT2D eigenvalue weighted by molar-refractivity contribution is 0.0670. The third-order valence-electron chi connectivity index (χ3n) is 4.36. The molecule has 0 heterocycles. The second kappa shape index (κ2) is 6.43. The molecule has 4 nitrogen and oxygen atoms in total. The summed E-state index contributed by atoms with van der Waals surface area (Å²) in [5.74, 6) is -1.01. The summed E-state index contributed by atoms with van der Waals surface area (Å²) in [6.07, 6.45) is 1.84. The van der Waals surface area contributed by atoms with Crippen molar-refractivity contribution in [2.24, 2.45) is 5.73 Å². The average Bonchev–Trinajstić information content (AvgIpc) is 3.40. The van der Waals surface area contributed by atoms with Gasteiger partial charge in [-0.3, -0.25) is 9.59 Å². The summed E-state index contributed by atoms with van der Waals surface area (Å²) in [5, 5.41) is 0. The first-order chi connectivity index (χ1) is 11.5. The van der Waals surface area contributed by atoms with Gasteiger partial charge in [0, 0.05) is 22.7 Å². The van der Waals surface area contributed by atoms with Crippen molar-refractivity contribution in [1.29, 1.82) is 0 Å². The molecular weight excluding hydrogens is 307 g/mol. The maximum atomic E-state index is 14.1. The van der Waals surface area contributed by atoms with Crippen molar-refractivity contribution in [1.82, 2.24) is 4.90 Å². The predicted octanol–water partition coefficient (Wildman–Crippen LogP) is 3.29. The van der Waals surface area contributed by atoms with Gasteiger partial charge in [-0.2, -0.15) is 0 Å². The molecule has 2 aromatic carbocycles. The molecule has 24 heavy (non-hydrogen) atoms. The van der Waals surface area contributed by atoms with Crippen molar-refractivity contribution in [3.63, 3.8) is 0 Å². The van der Waals surface area contributed by atoms with Crippen molar-refractivity contribution in [3.8, 4) is 0 Å². The first-order valence-corrected chi connectivity index (χ1v) is 7.96. The molecular formula is C19H19FN2O2. The Balaban J connectivity index is 1.89. The van der Waals surface area contributed by atoms with Gasteiger partial charge in [-0.05, 0) is 50.1 Å². The molecule has 2 amide bonds. The molecule has 0 spiro atoms. The second-order valence-electron chi connectivity index (χ2n) is 6.08. The highest BCUT2D eigenvalue weighted by molar-refractivity contribution is 5.97. The Bertz CT molecular complexity index is 769. The summed E-state index contributed by atoms with van der Waals surface area (Å²) >= 11 is 0. The van der Waals surface area contributed by atoms with E-state index in [0.29, 0.717) is 16.7 Å². The van der Waals surface area contributed by atoms with Gasteiger partial charge >= 0.3 is 0 Å². The molecule has 2 N–H and O–H groups in total. The maximum absolute atomic E-state index is 14.1. The van der Waals surface area contributed by atoms with Gasteiger partial charge in [0.2, 0.25) is 5.91 Å². The molecule has 0 aliphatic heterocycles. The van der Waals surface area contributed by atoms with E-state index in [4.69, 9.17) is 5.73 Å². The summed E-state index contributed by atoms with van der Waals surface area (Å²) in [7, 11) is 0. The largest absolute Gasteiger partial charge is 0.366 e. The van der Waals surface area contributed by atoms with Gasteiger partial charge < -0.3 is 10.6 Å². The molecule has 2 aromatic rings. The molecule has 0 saturated heterocycles. The molecule has 1 fully saturated rings. The fourth-order valence-corrected chi connectivity index (χ4v) is 2.90. The van der Waals surface area contributed by atoms with E-state index in [1.807, 2.05) is 6.92 Å². The lowest BCUT2D eigenvalue weighted by Crippen LogP contribution is -2.36. The van der Waals surface area contributed by atoms with Gasteiger partial charge in [-0.15, -0.1) is 0 Å². The van der Waals surface area contributed by atoms with Crippen molar-refractivity contribution in [3.05, 3.63) is 71.0 Å². The van der Waals surface area contributed by atoms with Gasteiger partial charge in [0.05, 0.1) is 6.04 Å². The molecule has 1 aliphatic rings. The van der Waals surface area contributed by atoms with E-state index >= 15 is 0 Å². The minimum absolute atomic E-state index is 0.128. The van der Waals surface area contributed by atoms with Crippen molar-refractivity contribution < 1.29 is 14.0 Å². The molecule has 0 aromatic heterocycles. The molecule has 1 aliphatic carbocycles. The summed E-state index contributed by atoms with van der Waals surface area (Å²) in [5.41, 5.74) is 6.55. The topological polar surface area (TPSA) is 63.4 Å². The van der Waals surface area contributed by atoms with E-state index in [2.05, 4.69) is 0 Å². The molecule has 3 rings (SSSR count). The molecule has 124 valence electrons. The number of nitrogens with two attached hydrogens (primary N) is 1. The molecule has 0 unspecified atom stereocenters. The summed E-state index contributed by atoms with van der Waals surface area (Å²) in [6, 6.07) is 12.5. The van der Waals surface area contributed by atoms with Crippen LogP contribution in [-0.4, -0.2) is 22.8 Å². The van der Waals surface area contributed by atoms with E-state index < -0.39 is 5.91 Å². The fourth-order valence-electron chi connectivity index (χ4n) is 2.90. The monoisotopic (exact) mass is 326 g/mol. The second-order valence-corrected chi connectivity index (χ2v) is 6.08. The van der Waals surface area contributed by atoms with Crippen LogP contribution in [0.5, 0.6) is 0 Å². The van der Waals surface area contributed by atoms with Crippen LogP contribution >= 0.6 is 0 Å². The Labute approximate surface area is 140 Å². The van der Waals surface area contributed by atoms with Gasteiger partial charge in [-0.1, -0.05) is 18.2 Å². The number of rotatable bonds is 5. The normalized spacial score (nSPS) is 14.9. The zero-order valence-electron chi connectivity index (χ0n) is 13.4. The van der Waals surface area contributed by atoms with Gasteiger partial charge in [0.25, 0.3) is 5.91 Å². The number of carbonyl (C=O) groups is 2. The average molecular weight is 326 g/mol. The first-order valence-electron chi connectivity index (χ1n) is 7.96. The molecule has 0 bridgehead atoms. The Kier molecular flexibility index (Phi) is 4.34. The molecule has 1 saturated carbocycles. The van der Waals surface area contributed by atoms with Crippen molar-refractivity contribution in [2.45, 2.75) is 31.8 Å². The van der Waals surface area contributed by atoms with E-state index in [1.54, 1.807) is 35.2 Å². The zero-order chi connectivity index (χ0) is 17.3. The highest BCUT2D eigenvalue weighted by Crippen LogP contribution is 2.36. The number of carbonyl (C=O) groups excluding carboxylic acids is 2. The Hall–Kier alpha value is -2.69. The van der Waals surface area contributed by atoms with Crippen LogP contribution in [0.4, 0.5) is 4.39 Å². The highest BCUT2D eigenvalue weighted by Gasteiger charge is 2.37. The van der Waals surface area contributed by atoms with Crippen LogP contribution in [-0.2, 0) is 0 Å². The van der Waals surface area contributed by atoms with Gasteiger partial charge in [0.1, 0.15) is 5.82 Å². The molecule has 1 atom stereocenters. The van der Waals surface area contributed by atoms with Gasteiger partial charge in [0.15, 0.2) is 0 Å². The third kappa shape index (κ3) is 3.15. The SMILES string of the molecule is C[C@@H](c1ccccc1F)N(C(=O)c1ccc(C(N)=O)cc1)C1CC1. The number of benzene rings is 2. The Morgan fingerprint density at radius 2 is 1.67 bits per heavy atom. The molecule has 5 heteroatoms. The molecule has 0 radical (unpaired) electrons. The van der Waals surface area contributed by atoms with Crippen molar-refractivity contribution >= 4 is 11.8 Å². The van der Waals surface area contributed by atoms with Gasteiger partial charge in [-0.25, -0.2) is 4.39 Å². The lowest BCUT2D eigenvalue weighted by Gasteiger charge is -2.30. The summed E-state index contributed by atoms with van der Waals surface area (Å²) in [4.78, 5) is 25.8. The Morgan fingerprint density at radius 1 is 1.08 bits per heavy atom. The first kappa shape index (κ1) is 16.2. The summed E-state index contributed by atoms with van der Waals surface area (Å²) in [6.45, 7) is 1.84. The van der Waals surface area contributed by atoms with Crippen LogP contribution < -0.4 is 5.73 Å². The minimum atomic E-state index is -0.534. The van der Waals surface area contributed by atoms with E-state index in [0.717, 1.165) is 12.8 Å². The van der Waals surface area contributed by atoms with Crippen LogP contribution in [0, 0.1) is 5.82 Å². The number of amides is 2. The number of hydrogen-bond donors (Lipinski definition) is 1. The maximum Gasteiger partial charge on any atom is 0.254 e. The van der Waals surface area contributed by atoms with Crippen LogP contribution in [0.3, 0.4) is 0 Å². The van der Waals surface area contributed by atoms with Crippen LogP contribution in [0.2, 0.25) is 0 Å². The van der Waals surface area contributed by atoms with E-state index in [9.17, 15) is 14.0 Å². The zero-order valence-corrected chi connectivity index (χ0v) is 13.4. The summed E-state index contributed by atoms with van der Waals surface area (Å²) < 4.78 is 14.1. The number of primary amides is 1. The third-order valence-corrected chi connectivity index (χ3v) is 4.36. The number of nitrogens with zero attached hydrogens (tertiary/aromatic N) is 1. The van der Waals surface area contributed by atoms with Crippen LogP contribution in [0.1, 0.15) is 52.1 Å². The van der Waals surface area contributed by atoms with Crippen molar-refractivity contribution in [2.75, 3.05) is 0 Å². The minimum Gasteiger partial charge on any atom is -0.366 e. The highest BCUT2D eigenvalue weighted by atomic mass is 19.1. The van der Waals surface area contributed by atoms with E-state index in [-0.39, 0.29) is 23.8 Å². The smallest absolute Gasteiger partial charge is 0.254 e. The number of hydrogen-bond acceptors (Lipinski definition) is 2. The van der Waals surface area contributed by atoms with E-state index in [1.165, 1.54) is 18.2 Å². The quantitative estimate of drug-likeness (QED) is 0.916. The van der Waals surface area contributed by atoms with Crippen LogP contribution in [0.15, 0.2) is 48.5 Å². The fraction of sp³-hybridized carbons (Fsp3) is 0.263. The van der Waals surface area contributed by atoms with Crippen LogP contribution in [0.25, 0.3) is 0 Å². The Morgan fingerprint density at radius 3 is 2.21 bits per heavy atom. The lowest BCUT2D eigenvalue weighted by atomic mass is 10.0. The predicted molar refractivity (Wildman–Crippen MR) is 89.0 cm³/mol. The standard InChI is InChI=1S/C19H19FN2O2/c1-12(16-4-2-3-5-17(16)20)22(15-10-11-15)19(24)14-8-6-13(7-9-14)18(21)23/h2-9,12,15H,10-11H2,1H3,(H2,21,23)/t12-/m0/s1. The number of halogens is 1.